The first-order valence-corrected chi connectivity index (χ1v) is 7.51. The topological polar surface area (TPSA) is 102 Å². The molecule has 0 aliphatic heterocycles. The van der Waals surface area contributed by atoms with E-state index in [1.165, 1.54) is 4.90 Å². The van der Waals surface area contributed by atoms with E-state index in [-0.39, 0.29) is 11.5 Å². The van der Waals surface area contributed by atoms with Crippen molar-refractivity contribution in [3.8, 4) is 0 Å². The van der Waals surface area contributed by atoms with E-state index in [9.17, 15) is 14.4 Å². The third kappa shape index (κ3) is 4.43. The van der Waals surface area contributed by atoms with Crippen molar-refractivity contribution in [2.45, 2.75) is 13.8 Å². The van der Waals surface area contributed by atoms with E-state index in [0.29, 0.717) is 22.7 Å². The molecule has 2 aromatic rings. The number of carbonyl (C=O) groups is 3. The standard InChI is InChI=1S/C17H19N3O5/c1-10-15(11(2)25-19-10)17(23)24-9-14(21)18-13-7-5-12(6-8-13)16(22)20(3)4/h5-8H,9H2,1-4H3,(H,18,21). The number of carbonyl (C=O) groups excluding carboxylic acids is 3. The number of benzene rings is 1. The fourth-order valence-electron chi connectivity index (χ4n) is 2.13. The van der Waals surface area contributed by atoms with Crippen LogP contribution < -0.4 is 5.32 Å². The number of anilines is 1. The quantitative estimate of drug-likeness (QED) is 0.829. The van der Waals surface area contributed by atoms with Gasteiger partial charge in [0.05, 0.1) is 5.69 Å². The van der Waals surface area contributed by atoms with E-state index in [4.69, 9.17) is 9.26 Å². The van der Waals surface area contributed by atoms with Crippen LogP contribution >= 0.6 is 0 Å². The van der Waals surface area contributed by atoms with Gasteiger partial charge in [-0.15, -0.1) is 0 Å². The number of aromatic nitrogens is 1. The fraction of sp³-hybridized carbons (Fsp3) is 0.294. The molecule has 0 unspecified atom stereocenters. The minimum atomic E-state index is -0.668. The zero-order chi connectivity index (χ0) is 18.6. The molecule has 0 fully saturated rings. The number of nitrogens with zero attached hydrogens (tertiary/aromatic N) is 2. The summed E-state index contributed by atoms with van der Waals surface area (Å²) < 4.78 is 9.85. The number of nitrogens with one attached hydrogen (secondary N) is 1. The Morgan fingerprint density at radius 1 is 1.16 bits per heavy atom. The zero-order valence-corrected chi connectivity index (χ0v) is 14.5. The largest absolute Gasteiger partial charge is 0.452 e. The Morgan fingerprint density at radius 2 is 1.80 bits per heavy atom. The van der Waals surface area contributed by atoms with Crippen LogP contribution in [0.3, 0.4) is 0 Å². The molecule has 0 saturated heterocycles. The maximum atomic E-state index is 11.9. The summed E-state index contributed by atoms with van der Waals surface area (Å²) in [4.78, 5) is 37.1. The summed E-state index contributed by atoms with van der Waals surface area (Å²) in [5, 5.41) is 6.25. The van der Waals surface area contributed by atoms with Gasteiger partial charge in [-0.1, -0.05) is 5.16 Å². The highest BCUT2D eigenvalue weighted by molar-refractivity contribution is 5.97. The van der Waals surface area contributed by atoms with Gasteiger partial charge in [0.25, 0.3) is 11.8 Å². The predicted octanol–water partition coefficient (Wildman–Crippen LogP) is 1.79. The number of esters is 1. The summed E-state index contributed by atoms with van der Waals surface area (Å²) in [5.41, 5.74) is 1.63. The third-order valence-electron chi connectivity index (χ3n) is 3.39. The summed E-state index contributed by atoms with van der Waals surface area (Å²) in [5.74, 6) is -0.958. The Bertz CT molecular complexity index is 774. The summed E-state index contributed by atoms with van der Waals surface area (Å²) in [6.07, 6.45) is 0. The van der Waals surface area contributed by atoms with Gasteiger partial charge in [-0.05, 0) is 38.1 Å². The van der Waals surface area contributed by atoms with Crippen molar-refractivity contribution < 1.29 is 23.6 Å². The molecule has 132 valence electrons. The molecule has 1 aromatic carbocycles. The third-order valence-corrected chi connectivity index (χ3v) is 3.39. The Balaban J connectivity index is 1.90. The molecule has 1 heterocycles. The Kier molecular flexibility index (Phi) is 5.53. The average molecular weight is 345 g/mol. The highest BCUT2D eigenvalue weighted by Gasteiger charge is 2.20. The van der Waals surface area contributed by atoms with Crippen LogP contribution in [-0.4, -0.2) is 48.5 Å². The second-order valence-corrected chi connectivity index (χ2v) is 5.60. The highest BCUT2D eigenvalue weighted by atomic mass is 16.5. The molecule has 0 atom stereocenters. The molecule has 0 aliphatic rings. The molecule has 8 nitrogen and oxygen atoms in total. The summed E-state index contributed by atoms with van der Waals surface area (Å²) in [6.45, 7) is 2.76. The molecule has 0 radical (unpaired) electrons. The van der Waals surface area contributed by atoms with Crippen LogP contribution in [0, 0.1) is 13.8 Å². The lowest BCUT2D eigenvalue weighted by molar-refractivity contribution is -0.119. The lowest BCUT2D eigenvalue weighted by atomic mass is 10.2. The maximum Gasteiger partial charge on any atom is 0.344 e. The SMILES string of the molecule is Cc1noc(C)c1C(=O)OCC(=O)Nc1ccc(C(=O)N(C)C)cc1. The molecule has 25 heavy (non-hydrogen) atoms. The fourth-order valence-corrected chi connectivity index (χ4v) is 2.13. The lowest BCUT2D eigenvalue weighted by Gasteiger charge is -2.11. The second kappa shape index (κ2) is 7.61. The van der Waals surface area contributed by atoms with E-state index < -0.39 is 18.5 Å². The average Bonchev–Trinajstić information content (AvgIpc) is 2.91. The molecular weight excluding hydrogens is 326 g/mol. The van der Waals surface area contributed by atoms with Crippen molar-refractivity contribution >= 4 is 23.5 Å². The van der Waals surface area contributed by atoms with Gasteiger partial charge < -0.3 is 19.5 Å². The first-order valence-electron chi connectivity index (χ1n) is 7.51. The molecule has 2 rings (SSSR count). The van der Waals surface area contributed by atoms with Crippen LogP contribution in [0.1, 0.15) is 32.2 Å². The van der Waals surface area contributed by atoms with E-state index >= 15 is 0 Å². The monoisotopic (exact) mass is 345 g/mol. The number of hydrogen-bond donors (Lipinski definition) is 1. The maximum absolute atomic E-state index is 11.9. The number of aryl methyl sites for hydroxylation is 2. The molecule has 0 bridgehead atoms. The number of amides is 2. The Labute approximate surface area is 144 Å². The van der Waals surface area contributed by atoms with Gasteiger partial charge in [-0.2, -0.15) is 0 Å². The summed E-state index contributed by atoms with van der Waals surface area (Å²) in [6, 6.07) is 6.41. The van der Waals surface area contributed by atoms with E-state index in [0.717, 1.165) is 0 Å². The van der Waals surface area contributed by atoms with Crippen LogP contribution in [0.25, 0.3) is 0 Å². The number of hydrogen-bond acceptors (Lipinski definition) is 6. The Morgan fingerprint density at radius 3 is 2.32 bits per heavy atom. The number of ether oxygens (including phenoxy) is 1. The molecule has 8 heteroatoms. The van der Waals surface area contributed by atoms with Crippen LogP contribution in [-0.2, 0) is 9.53 Å². The first-order chi connectivity index (χ1) is 11.8. The molecule has 0 aliphatic carbocycles. The van der Waals surface area contributed by atoms with Gasteiger partial charge in [0.1, 0.15) is 11.3 Å². The van der Waals surface area contributed by atoms with Crippen LogP contribution in [0.4, 0.5) is 5.69 Å². The van der Waals surface area contributed by atoms with Crippen molar-refractivity contribution in [3.63, 3.8) is 0 Å². The predicted molar refractivity (Wildman–Crippen MR) is 89.3 cm³/mol. The molecule has 0 saturated carbocycles. The Hall–Kier alpha value is -3.16. The zero-order valence-electron chi connectivity index (χ0n) is 14.5. The van der Waals surface area contributed by atoms with Crippen molar-refractivity contribution in [2.24, 2.45) is 0 Å². The van der Waals surface area contributed by atoms with Crippen molar-refractivity contribution in [3.05, 3.63) is 46.8 Å². The smallest absolute Gasteiger partial charge is 0.344 e. The normalized spacial score (nSPS) is 10.2. The van der Waals surface area contributed by atoms with Crippen molar-refractivity contribution in [2.75, 3.05) is 26.0 Å². The van der Waals surface area contributed by atoms with Gasteiger partial charge in [0.2, 0.25) is 0 Å². The summed E-state index contributed by atoms with van der Waals surface area (Å²) >= 11 is 0. The minimum Gasteiger partial charge on any atom is -0.452 e. The molecular formula is C17H19N3O5. The van der Waals surface area contributed by atoms with E-state index in [1.54, 1.807) is 52.2 Å². The van der Waals surface area contributed by atoms with Gasteiger partial charge in [0, 0.05) is 25.3 Å². The van der Waals surface area contributed by atoms with Crippen molar-refractivity contribution in [1.29, 1.82) is 0 Å². The van der Waals surface area contributed by atoms with E-state index in [2.05, 4.69) is 10.5 Å². The van der Waals surface area contributed by atoms with Gasteiger partial charge in [-0.25, -0.2) is 4.79 Å². The second-order valence-electron chi connectivity index (χ2n) is 5.60. The molecule has 0 spiro atoms. The minimum absolute atomic E-state index is 0.133. The molecule has 1 aromatic heterocycles. The van der Waals surface area contributed by atoms with Crippen LogP contribution in [0.5, 0.6) is 0 Å². The summed E-state index contributed by atoms with van der Waals surface area (Å²) in [7, 11) is 3.32. The van der Waals surface area contributed by atoms with Gasteiger partial charge in [-0.3, -0.25) is 9.59 Å². The van der Waals surface area contributed by atoms with Crippen LogP contribution in [0.15, 0.2) is 28.8 Å². The van der Waals surface area contributed by atoms with Gasteiger partial charge >= 0.3 is 5.97 Å². The molecule has 2 amide bonds. The lowest BCUT2D eigenvalue weighted by Crippen LogP contribution is -2.22. The van der Waals surface area contributed by atoms with Gasteiger partial charge in [0.15, 0.2) is 6.61 Å². The van der Waals surface area contributed by atoms with Crippen LogP contribution in [0.2, 0.25) is 0 Å². The highest BCUT2D eigenvalue weighted by Crippen LogP contribution is 2.14. The van der Waals surface area contributed by atoms with Crippen molar-refractivity contribution in [1.82, 2.24) is 10.1 Å². The molecule has 1 N–H and O–H groups in total. The number of rotatable bonds is 5. The first kappa shape index (κ1) is 18.2. The van der Waals surface area contributed by atoms with E-state index in [1.807, 2.05) is 0 Å².